The van der Waals surface area contributed by atoms with Crippen LogP contribution in [0, 0.1) is 18.6 Å². The summed E-state index contributed by atoms with van der Waals surface area (Å²) in [5.41, 5.74) is 1.48. The molecule has 3 aromatic heterocycles. The normalized spacial score (nSPS) is 11.2. The highest BCUT2D eigenvalue weighted by molar-refractivity contribution is 5.91. The van der Waals surface area contributed by atoms with E-state index in [0.717, 1.165) is 12.1 Å². The lowest BCUT2D eigenvalue weighted by Gasteiger charge is -2.11. The third kappa shape index (κ3) is 2.92. The summed E-state index contributed by atoms with van der Waals surface area (Å²) in [4.78, 5) is 29.5. The molecule has 0 bridgehead atoms. The minimum Gasteiger partial charge on any atom is -0.324 e. The Morgan fingerprint density at radius 3 is 2.74 bits per heavy atom. The number of hydrogen-bond donors (Lipinski definition) is 1. The van der Waals surface area contributed by atoms with E-state index in [1.807, 2.05) is 0 Å². The van der Waals surface area contributed by atoms with E-state index in [9.17, 15) is 18.4 Å². The zero-order valence-electron chi connectivity index (χ0n) is 14.1. The number of rotatable bonds is 3. The molecule has 0 aliphatic rings. The van der Waals surface area contributed by atoms with Gasteiger partial charge in [-0.3, -0.25) is 14.2 Å². The first kappa shape index (κ1) is 16.8. The number of pyridine rings is 1. The Morgan fingerprint density at radius 2 is 1.96 bits per heavy atom. The Balaban J connectivity index is 1.76. The fourth-order valence-corrected chi connectivity index (χ4v) is 2.90. The average molecular weight is 369 g/mol. The number of aromatic nitrogens is 4. The number of benzene rings is 1. The number of fused-ring (bicyclic) bond motifs is 3. The van der Waals surface area contributed by atoms with Crippen molar-refractivity contribution in [3.05, 3.63) is 70.3 Å². The van der Waals surface area contributed by atoms with E-state index in [4.69, 9.17) is 0 Å². The fraction of sp³-hybridized carbons (Fsp3) is 0.111. The molecular weight excluding hydrogens is 356 g/mol. The van der Waals surface area contributed by atoms with Crippen LogP contribution in [0.4, 0.5) is 14.5 Å². The Kier molecular flexibility index (Phi) is 3.91. The van der Waals surface area contributed by atoms with Gasteiger partial charge in [0.25, 0.3) is 5.56 Å². The minimum absolute atomic E-state index is 0.0932. The highest BCUT2D eigenvalue weighted by Gasteiger charge is 2.16. The fourth-order valence-electron chi connectivity index (χ4n) is 2.90. The van der Waals surface area contributed by atoms with Gasteiger partial charge < -0.3 is 5.32 Å². The van der Waals surface area contributed by atoms with Gasteiger partial charge in [0.15, 0.2) is 17.3 Å². The number of nitrogens with zero attached hydrogens (tertiary/aromatic N) is 4. The molecule has 3 heterocycles. The summed E-state index contributed by atoms with van der Waals surface area (Å²) in [5.74, 6) is -2.65. The van der Waals surface area contributed by atoms with Gasteiger partial charge in [-0.15, -0.1) is 0 Å². The molecule has 0 fully saturated rings. The standard InChI is InChI=1S/C18H13F2N5O2/c1-10-7-15-18(27)24(14-3-2-6-21-17(14)25(15)23-10)9-16(26)22-11-4-5-12(19)13(20)8-11/h2-8H,9H2,1H3,(H,22,26). The number of nitrogens with one attached hydrogen (secondary N) is 1. The lowest BCUT2D eigenvalue weighted by atomic mass is 10.3. The maximum absolute atomic E-state index is 13.3. The largest absolute Gasteiger partial charge is 0.324 e. The minimum atomic E-state index is -1.07. The van der Waals surface area contributed by atoms with Crippen molar-refractivity contribution in [1.29, 1.82) is 0 Å². The van der Waals surface area contributed by atoms with Crippen molar-refractivity contribution in [2.75, 3.05) is 5.32 Å². The number of carbonyl (C=O) groups is 1. The molecule has 1 amide bonds. The number of hydrogen-bond acceptors (Lipinski definition) is 4. The van der Waals surface area contributed by atoms with Crippen LogP contribution in [0.25, 0.3) is 16.7 Å². The Morgan fingerprint density at radius 1 is 1.15 bits per heavy atom. The lowest BCUT2D eigenvalue weighted by molar-refractivity contribution is -0.116. The molecule has 4 rings (SSSR count). The van der Waals surface area contributed by atoms with Crippen molar-refractivity contribution in [2.45, 2.75) is 13.5 Å². The molecule has 1 aromatic carbocycles. The van der Waals surface area contributed by atoms with Gasteiger partial charge in [0, 0.05) is 18.0 Å². The van der Waals surface area contributed by atoms with Gasteiger partial charge in [-0.25, -0.2) is 18.3 Å². The summed E-state index contributed by atoms with van der Waals surface area (Å²) in [5, 5.41) is 6.73. The maximum atomic E-state index is 13.3. The second-order valence-corrected chi connectivity index (χ2v) is 6.00. The first-order chi connectivity index (χ1) is 12.9. The topological polar surface area (TPSA) is 81.3 Å². The molecule has 0 spiro atoms. The van der Waals surface area contributed by atoms with Gasteiger partial charge in [0.1, 0.15) is 12.1 Å². The first-order valence-corrected chi connectivity index (χ1v) is 8.03. The van der Waals surface area contributed by atoms with Crippen LogP contribution < -0.4 is 10.9 Å². The summed E-state index contributed by atoms with van der Waals surface area (Å²) in [7, 11) is 0. The molecule has 4 aromatic rings. The van der Waals surface area contributed by atoms with Crippen LogP contribution in [-0.2, 0) is 11.3 Å². The molecule has 0 atom stereocenters. The number of carbonyl (C=O) groups excluding carboxylic acids is 1. The average Bonchev–Trinajstić information content (AvgIpc) is 3.04. The summed E-state index contributed by atoms with van der Waals surface area (Å²) in [6.45, 7) is 1.43. The Hall–Kier alpha value is -3.62. The van der Waals surface area contributed by atoms with Crippen LogP contribution in [0.2, 0.25) is 0 Å². The van der Waals surface area contributed by atoms with Crippen LogP contribution >= 0.6 is 0 Å². The van der Waals surface area contributed by atoms with Gasteiger partial charge in [0.05, 0.1) is 11.2 Å². The van der Waals surface area contributed by atoms with Crippen LogP contribution in [0.15, 0.2) is 47.4 Å². The molecule has 27 heavy (non-hydrogen) atoms. The quantitative estimate of drug-likeness (QED) is 0.601. The molecule has 136 valence electrons. The number of aryl methyl sites for hydroxylation is 1. The van der Waals surface area contributed by atoms with Crippen molar-refractivity contribution >= 4 is 28.3 Å². The third-order valence-corrected chi connectivity index (χ3v) is 4.06. The summed E-state index contributed by atoms with van der Waals surface area (Å²) in [6, 6.07) is 7.94. The molecule has 0 radical (unpaired) electrons. The van der Waals surface area contributed by atoms with Crippen LogP contribution in [-0.4, -0.2) is 25.1 Å². The van der Waals surface area contributed by atoms with E-state index in [1.165, 1.54) is 15.1 Å². The van der Waals surface area contributed by atoms with E-state index in [1.54, 1.807) is 31.3 Å². The molecule has 1 N–H and O–H groups in total. The van der Waals surface area contributed by atoms with Gasteiger partial charge in [0.2, 0.25) is 5.91 Å². The molecule has 0 saturated carbocycles. The zero-order chi connectivity index (χ0) is 19.1. The van der Waals surface area contributed by atoms with Gasteiger partial charge in [-0.1, -0.05) is 0 Å². The summed E-state index contributed by atoms with van der Waals surface area (Å²) >= 11 is 0. The maximum Gasteiger partial charge on any atom is 0.277 e. The van der Waals surface area contributed by atoms with E-state index < -0.39 is 23.1 Å². The molecule has 7 nitrogen and oxygen atoms in total. The second-order valence-electron chi connectivity index (χ2n) is 6.00. The predicted molar refractivity (Wildman–Crippen MR) is 94.5 cm³/mol. The van der Waals surface area contributed by atoms with Crippen molar-refractivity contribution in [3.63, 3.8) is 0 Å². The van der Waals surface area contributed by atoms with Crippen molar-refractivity contribution < 1.29 is 13.6 Å². The predicted octanol–water partition coefficient (Wildman–Crippen LogP) is 2.27. The monoisotopic (exact) mass is 369 g/mol. The van der Waals surface area contributed by atoms with Crippen molar-refractivity contribution in [2.24, 2.45) is 0 Å². The van der Waals surface area contributed by atoms with Crippen LogP contribution in [0.5, 0.6) is 0 Å². The van der Waals surface area contributed by atoms with E-state index >= 15 is 0 Å². The van der Waals surface area contributed by atoms with E-state index in [2.05, 4.69) is 15.4 Å². The summed E-state index contributed by atoms with van der Waals surface area (Å²) < 4.78 is 29.0. The highest BCUT2D eigenvalue weighted by Crippen LogP contribution is 2.15. The Labute approximate surface area is 150 Å². The van der Waals surface area contributed by atoms with Crippen LogP contribution in [0.3, 0.4) is 0 Å². The van der Waals surface area contributed by atoms with Crippen molar-refractivity contribution in [1.82, 2.24) is 19.2 Å². The van der Waals surface area contributed by atoms with Crippen LogP contribution in [0.1, 0.15) is 5.69 Å². The number of anilines is 1. The molecule has 0 aliphatic heterocycles. The SMILES string of the molecule is Cc1cc2c(=O)n(CC(=O)Nc3ccc(F)c(F)c3)c3cccnc3n2n1. The molecule has 0 saturated heterocycles. The van der Waals surface area contributed by atoms with E-state index in [0.29, 0.717) is 22.4 Å². The lowest BCUT2D eigenvalue weighted by Crippen LogP contribution is -2.29. The van der Waals surface area contributed by atoms with Gasteiger partial charge >= 0.3 is 0 Å². The smallest absolute Gasteiger partial charge is 0.277 e. The van der Waals surface area contributed by atoms with Crippen molar-refractivity contribution in [3.8, 4) is 0 Å². The van der Waals surface area contributed by atoms with E-state index in [-0.39, 0.29) is 12.2 Å². The molecule has 0 aliphatic carbocycles. The number of amides is 1. The number of halogens is 2. The highest BCUT2D eigenvalue weighted by atomic mass is 19.2. The molecule has 0 unspecified atom stereocenters. The molecular formula is C18H13F2N5O2. The van der Waals surface area contributed by atoms with Gasteiger partial charge in [-0.05, 0) is 37.3 Å². The third-order valence-electron chi connectivity index (χ3n) is 4.06. The summed E-state index contributed by atoms with van der Waals surface area (Å²) in [6.07, 6.45) is 1.56. The zero-order valence-corrected chi connectivity index (χ0v) is 14.1. The second kappa shape index (κ2) is 6.27. The molecule has 9 heteroatoms. The van der Waals surface area contributed by atoms with Gasteiger partial charge in [-0.2, -0.15) is 5.10 Å². The Bertz CT molecular complexity index is 1260. The first-order valence-electron chi connectivity index (χ1n) is 8.03.